The molecular weight excluding hydrogens is 200 g/mol. The zero-order chi connectivity index (χ0) is 12.3. The van der Waals surface area contributed by atoms with Crippen LogP contribution in [0.4, 0.5) is 0 Å². The molecule has 4 atom stereocenters. The molecule has 94 valence electrons. The Morgan fingerprint density at radius 3 is 2.44 bits per heavy atom. The monoisotopic (exact) mass is 226 g/mol. The lowest BCUT2D eigenvalue weighted by atomic mass is 9.86. The summed E-state index contributed by atoms with van der Waals surface area (Å²) in [5, 5.41) is 3.18. The Kier molecular flexibility index (Phi) is 4.36. The third-order valence-electron chi connectivity index (χ3n) is 4.56. The van der Waals surface area contributed by atoms with Gasteiger partial charge < -0.3 is 11.1 Å². The van der Waals surface area contributed by atoms with Gasteiger partial charge in [-0.05, 0) is 38.0 Å². The molecule has 3 N–H and O–H groups in total. The van der Waals surface area contributed by atoms with Gasteiger partial charge >= 0.3 is 0 Å². The first kappa shape index (κ1) is 13.5. The van der Waals surface area contributed by atoms with E-state index < -0.39 is 5.41 Å². The predicted octanol–water partition coefficient (Wildman–Crippen LogP) is 1.91. The van der Waals surface area contributed by atoms with Crippen molar-refractivity contribution in [2.75, 3.05) is 6.54 Å². The Hall–Kier alpha value is -0.570. The van der Waals surface area contributed by atoms with Gasteiger partial charge in [-0.3, -0.25) is 4.79 Å². The van der Waals surface area contributed by atoms with E-state index in [-0.39, 0.29) is 5.91 Å². The number of nitrogens with one attached hydrogen (secondary N) is 1. The zero-order valence-corrected chi connectivity index (χ0v) is 11.0. The molecule has 0 saturated heterocycles. The summed E-state index contributed by atoms with van der Waals surface area (Å²) in [4.78, 5) is 12.1. The van der Waals surface area contributed by atoms with Gasteiger partial charge in [-0.25, -0.2) is 0 Å². The van der Waals surface area contributed by atoms with Crippen molar-refractivity contribution in [2.24, 2.45) is 23.0 Å². The molecule has 0 bridgehead atoms. The molecule has 0 aromatic heterocycles. The average Bonchev–Trinajstić information content (AvgIpc) is 2.59. The van der Waals surface area contributed by atoms with Gasteiger partial charge in [0.15, 0.2) is 0 Å². The Morgan fingerprint density at radius 2 is 2.06 bits per heavy atom. The van der Waals surface area contributed by atoms with Crippen LogP contribution in [0.15, 0.2) is 0 Å². The Balaban J connectivity index is 2.58. The van der Waals surface area contributed by atoms with Crippen LogP contribution in [-0.2, 0) is 4.79 Å². The minimum absolute atomic E-state index is 0.128. The maximum absolute atomic E-state index is 12.1. The molecule has 16 heavy (non-hydrogen) atoms. The number of hydrogen-bond acceptors (Lipinski definition) is 2. The molecule has 1 aliphatic rings. The third kappa shape index (κ3) is 2.57. The maximum atomic E-state index is 12.1. The topological polar surface area (TPSA) is 55.1 Å². The van der Waals surface area contributed by atoms with E-state index in [2.05, 4.69) is 19.2 Å². The summed E-state index contributed by atoms with van der Waals surface area (Å²) in [6, 6.07) is 0.347. The normalized spacial score (nSPS) is 33.4. The van der Waals surface area contributed by atoms with Crippen molar-refractivity contribution >= 4 is 5.91 Å². The summed E-state index contributed by atoms with van der Waals surface area (Å²) in [6.45, 7) is 8.89. The van der Waals surface area contributed by atoms with E-state index in [9.17, 15) is 4.79 Å². The molecule has 0 radical (unpaired) electrons. The van der Waals surface area contributed by atoms with Crippen molar-refractivity contribution in [3.63, 3.8) is 0 Å². The highest BCUT2D eigenvalue weighted by Gasteiger charge is 2.35. The standard InChI is InChI=1S/C13H26N2O/c1-5-13(4,8-14)12(16)15-11-7-6-9(2)10(11)3/h9-11H,5-8,14H2,1-4H3,(H,15,16). The van der Waals surface area contributed by atoms with Crippen molar-refractivity contribution in [3.8, 4) is 0 Å². The quantitative estimate of drug-likeness (QED) is 0.769. The number of nitrogens with two attached hydrogens (primary N) is 1. The minimum Gasteiger partial charge on any atom is -0.353 e. The summed E-state index contributed by atoms with van der Waals surface area (Å²) in [7, 11) is 0. The fourth-order valence-electron chi connectivity index (χ4n) is 2.31. The molecule has 1 aliphatic carbocycles. The van der Waals surface area contributed by atoms with Gasteiger partial charge in [0, 0.05) is 12.6 Å². The van der Waals surface area contributed by atoms with Gasteiger partial charge in [0.1, 0.15) is 0 Å². The van der Waals surface area contributed by atoms with E-state index >= 15 is 0 Å². The van der Waals surface area contributed by atoms with E-state index in [4.69, 9.17) is 5.73 Å². The Labute approximate surface area is 99.2 Å². The van der Waals surface area contributed by atoms with Crippen molar-refractivity contribution < 1.29 is 4.79 Å². The van der Waals surface area contributed by atoms with E-state index in [1.165, 1.54) is 6.42 Å². The van der Waals surface area contributed by atoms with Crippen LogP contribution in [0.5, 0.6) is 0 Å². The maximum Gasteiger partial charge on any atom is 0.227 e. The largest absolute Gasteiger partial charge is 0.353 e. The molecule has 0 spiro atoms. The van der Waals surface area contributed by atoms with E-state index in [0.29, 0.717) is 18.5 Å². The van der Waals surface area contributed by atoms with Crippen LogP contribution in [0.1, 0.15) is 47.0 Å². The molecule has 0 aliphatic heterocycles. The lowest BCUT2D eigenvalue weighted by molar-refractivity contribution is -0.130. The van der Waals surface area contributed by atoms with E-state index in [0.717, 1.165) is 18.8 Å². The van der Waals surface area contributed by atoms with Crippen molar-refractivity contribution in [2.45, 2.75) is 53.0 Å². The zero-order valence-electron chi connectivity index (χ0n) is 11.0. The Bertz CT molecular complexity index is 248. The first-order chi connectivity index (χ1) is 7.44. The fraction of sp³-hybridized carbons (Fsp3) is 0.923. The lowest BCUT2D eigenvalue weighted by Crippen LogP contribution is -2.48. The van der Waals surface area contributed by atoms with Crippen LogP contribution < -0.4 is 11.1 Å². The second-order valence-electron chi connectivity index (χ2n) is 5.61. The SMILES string of the molecule is CCC(C)(CN)C(=O)NC1CCC(C)C1C. The second-order valence-corrected chi connectivity index (χ2v) is 5.61. The molecule has 3 nitrogen and oxygen atoms in total. The van der Waals surface area contributed by atoms with Crippen LogP contribution in [0, 0.1) is 17.3 Å². The first-order valence-electron chi connectivity index (χ1n) is 6.45. The highest BCUT2D eigenvalue weighted by molar-refractivity contribution is 5.82. The molecule has 0 aromatic rings. The van der Waals surface area contributed by atoms with Gasteiger partial charge in [0.2, 0.25) is 5.91 Å². The summed E-state index contributed by atoms with van der Waals surface area (Å²) in [6.07, 6.45) is 3.13. The third-order valence-corrected chi connectivity index (χ3v) is 4.56. The van der Waals surface area contributed by atoms with Gasteiger partial charge in [0.25, 0.3) is 0 Å². The summed E-state index contributed by atoms with van der Waals surface area (Å²) < 4.78 is 0. The number of rotatable bonds is 4. The van der Waals surface area contributed by atoms with Gasteiger partial charge in [-0.15, -0.1) is 0 Å². The van der Waals surface area contributed by atoms with Crippen molar-refractivity contribution in [1.82, 2.24) is 5.32 Å². The van der Waals surface area contributed by atoms with Crippen molar-refractivity contribution in [3.05, 3.63) is 0 Å². The summed E-state index contributed by atoms with van der Waals surface area (Å²) in [5.41, 5.74) is 5.30. The number of carbonyl (C=O) groups is 1. The predicted molar refractivity (Wildman–Crippen MR) is 66.9 cm³/mol. The van der Waals surface area contributed by atoms with E-state index in [1.807, 2.05) is 13.8 Å². The average molecular weight is 226 g/mol. The highest BCUT2D eigenvalue weighted by atomic mass is 16.2. The molecule has 0 aromatic carbocycles. The number of amides is 1. The van der Waals surface area contributed by atoms with Crippen molar-refractivity contribution in [1.29, 1.82) is 0 Å². The summed E-state index contributed by atoms with van der Waals surface area (Å²) >= 11 is 0. The second kappa shape index (κ2) is 5.17. The Morgan fingerprint density at radius 1 is 1.44 bits per heavy atom. The van der Waals surface area contributed by atoms with Crippen LogP contribution in [0.2, 0.25) is 0 Å². The van der Waals surface area contributed by atoms with Crippen LogP contribution in [0.3, 0.4) is 0 Å². The lowest BCUT2D eigenvalue weighted by Gasteiger charge is -2.29. The number of hydrogen-bond donors (Lipinski definition) is 2. The molecular formula is C13H26N2O. The van der Waals surface area contributed by atoms with Gasteiger partial charge in [-0.2, -0.15) is 0 Å². The molecule has 1 fully saturated rings. The molecule has 4 unspecified atom stereocenters. The molecule has 0 heterocycles. The van der Waals surface area contributed by atoms with Crippen LogP contribution in [-0.4, -0.2) is 18.5 Å². The van der Waals surface area contributed by atoms with Crippen LogP contribution in [0.25, 0.3) is 0 Å². The smallest absolute Gasteiger partial charge is 0.227 e. The summed E-state index contributed by atoms with van der Waals surface area (Å²) in [5.74, 6) is 1.43. The molecule has 1 rings (SSSR count). The molecule has 3 heteroatoms. The van der Waals surface area contributed by atoms with Crippen LogP contribution >= 0.6 is 0 Å². The minimum atomic E-state index is -0.397. The van der Waals surface area contributed by atoms with Gasteiger partial charge in [0.05, 0.1) is 5.41 Å². The van der Waals surface area contributed by atoms with E-state index in [1.54, 1.807) is 0 Å². The molecule has 1 amide bonds. The fourth-order valence-corrected chi connectivity index (χ4v) is 2.31. The van der Waals surface area contributed by atoms with Gasteiger partial charge in [-0.1, -0.05) is 20.8 Å². The first-order valence-corrected chi connectivity index (χ1v) is 6.45. The highest BCUT2D eigenvalue weighted by Crippen LogP contribution is 2.32. The molecule has 1 saturated carbocycles. The number of carbonyl (C=O) groups excluding carboxylic acids is 1.